The SMILES string of the molecule is CN1CC(N)CC(c2cccc3ccccc23)C1. The molecule has 18 heavy (non-hydrogen) atoms. The van der Waals surface area contributed by atoms with Gasteiger partial charge in [0.15, 0.2) is 0 Å². The largest absolute Gasteiger partial charge is 0.327 e. The number of fused-ring (bicyclic) bond motifs is 1. The van der Waals surface area contributed by atoms with Crippen molar-refractivity contribution in [1.82, 2.24) is 4.90 Å². The highest BCUT2D eigenvalue weighted by molar-refractivity contribution is 5.86. The number of piperidine rings is 1. The molecule has 0 bridgehead atoms. The van der Waals surface area contributed by atoms with Gasteiger partial charge in [-0.2, -0.15) is 0 Å². The molecular weight excluding hydrogens is 220 g/mol. The van der Waals surface area contributed by atoms with Crippen LogP contribution in [0.3, 0.4) is 0 Å². The topological polar surface area (TPSA) is 29.3 Å². The zero-order chi connectivity index (χ0) is 12.5. The fourth-order valence-corrected chi connectivity index (χ4v) is 3.20. The molecule has 2 atom stereocenters. The molecule has 1 fully saturated rings. The minimum absolute atomic E-state index is 0.299. The van der Waals surface area contributed by atoms with Gasteiger partial charge in [0.25, 0.3) is 0 Å². The third-order valence-corrected chi connectivity index (χ3v) is 3.93. The van der Waals surface area contributed by atoms with Crippen molar-refractivity contribution in [1.29, 1.82) is 0 Å². The molecule has 0 spiro atoms. The molecule has 3 rings (SSSR count). The number of hydrogen-bond acceptors (Lipinski definition) is 2. The van der Waals surface area contributed by atoms with Gasteiger partial charge in [0.05, 0.1) is 0 Å². The lowest BCUT2D eigenvalue weighted by molar-refractivity contribution is 0.227. The normalized spacial score (nSPS) is 25.4. The van der Waals surface area contributed by atoms with Crippen molar-refractivity contribution in [3.05, 3.63) is 48.0 Å². The van der Waals surface area contributed by atoms with Gasteiger partial charge in [-0.1, -0.05) is 42.5 Å². The first-order chi connectivity index (χ1) is 8.74. The Bertz CT molecular complexity index is 534. The molecule has 2 unspecified atom stereocenters. The Morgan fingerprint density at radius 1 is 1.06 bits per heavy atom. The summed E-state index contributed by atoms with van der Waals surface area (Å²) in [6.07, 6.45) is 1.10. The van der Waals surface area contributed by atoms with E-state index in [4.69, 9.17) is 5.73 Å². The zero-order valence-electron chi connectivity index (χ0n) is 10.8. The van der Waals surface area contributed by atoms with E-state index in [0.29, 0.717) is 12.0 Å². The lowest BCUT2D eigenvalue weighted by Gasteiger charge is -2.34. The van der Waals surface area contributed by atoms with Crippen LogP contribution in [0.25, 0.3) is 10.8 Å². The Morgan fingerprint density at radius 2 is 1.83 bits per heavy atom. The van der Waals surface area contributed by atoms with Crippen molar-refractivity contribution < 1.29 is 0 Å². The highest BCUT2D eigenvalue weighted by Gasteiger charge is 2.24. The van der Waals surface area contributed by atoms with E-state index in [0.717, 1.165) is 19.5 Å². The molecule has 2 aromatic rings. The molecule has 2 heteroatoms. The Balaban J connectivity index is 2.03. The summed E-state index contributed by atoms with van der Waals surface area (Å²) in [4.78, 5) is 2.35. The minimum atomic E-state index is 0.299. The van der Waals surface area contributed by atoms with Crippen molar-refractivity contribution >= 4 is 10.8 Å². The van der Waals surface area contributed by atoms with Gasteiger partial charge in [-0.3, -0.25) is 0 Å². The van der Waals surface area contributed by atoms with Gasteiger partial charge >= 0.3 is 0 Å². The minimum Gasteiger partial charge on any atom is -0.327 e. The molecule has 2 nitrogen and oxygen atoms in total. The summed E-state index contributed by atoms with van der Waals surface area (Å²) in [5, 5.41) is 2.71. The number of nitrogens with two attached hydrogens (primary N) is 1. The Hall–Kier alpha value is -1.38. The van der Waals surface area contributed by atoms with Crippen LogP contribution >= 0.6 is 0 Å². The number of rotatable bonds is 1. The molecule has 2 aromatic carbocycles. The fraction of sp³-hybridized carbons (Fsp3) is 0.375. The molecule has 0 amide bonds. The van der Waals surface area contributed by atoms with Gasteiger partial charge in [-0.15, -0.1) is 0 Å². The zero-order valence-corrected chi connectivity index (χ0v) is 10.8. The van der Waals surface area contributed by atoms with Crippen LogP contribution < -0.4 is 5.73 Å². The van der Waals surface area contributed by atoms with Crippen LogP contribution in [-0.4, -0.2) is 31.1 Å². The summed E-state index contributed by atoms with van der Waals surface area (Å²) in [5.74, 6) is 0.560. The van der Waals surface area contributed by atoms with Crippen molar-refractivity contribution in [2.24, 2.45) is 5.73 Å². The number of benzene rings is 2. The first-order valence-electron chi connectivity index (χ1n) is 6.66. The first-order valence-corrected chi connectivity index (χ1v) is 6.66. The summed E-state index contributed by atoms with van der Waals surface area (Å²) in [5.41, 5.74) is 7.61. The van der Waals surface area contributed by atoms with E-state index in [9.17, 15) is 0 Å². The maximum atomic E-state index is 6.16. The predicted molar refractivity (Wildman–Crippen MR) is 76.8 cm³/mol. The molecule has 1 aliphatic rings. The lowest BCUT2D eigenvalue weighted by Crippen LogP contribution is -2.44. The van der Waals surface area contributed by atoms with E-state index in [1.165, 1.54) is 16.3 Å². The average Bonchev–Trinajstić information content (AvgIpc) is 2.37. The second-order valence-electron chi connectivity index (χ2n) is 5.48. The summed E-state index contributed by atoms with van der Waals surface area (Å²) in [6.45, 7) is 2.13. The number of nitrogens with zero attached hydrogens (tertiary/aromatic N) is 1. The molecule has 1 heterocycles. The molecule has 0 radical (unpaired) electrons. The molecule has 94 valence electrons. The van der Waals surface area contributed by atoms with E-state index < -0.39 is 0 Å². The van der Waals surface area contributed by atoms with Crippen molar-refractivity contribution in [2.75, 3.05) is 20.1 Å². The molecule has 1 saturated heterocycles. The molecule has 1 aliphatic heterocycles. The number of hydrogen-bond donors (Lipinski definition) is 1. The van der Waals surface area contributed by atoms with Crippen LogP contribution in [0.1, 0.15) is 17.9 Å². The van der Waals surface area contributed by atoms with Gasteiger partial charge in [0, 0.05) is 19.1 Å². The first kappa shape index (κ1) is 11.7. The summed E-state index contributed by atoms with van der Waals surface area (Å²) < 4.78 is 0. The van der Waals surface area contributed by atoms with Crippen molar-refractivity contribution in [2.45, 2.75) is 18.4 Å². The van der Waals surface area contributed by atoms with Gasteiger partial charge in [-0.05, 0) is 35.7 Å². The van der Waals surface area contributed by atoms with Gasteiger partial charge in [-0.25, -0.2) is 0 Å². The molecule has 0 aromatic heterocycles. The Labute approximate surface area is 108 Å². The number of likely N-dealkylation sites (N-methyl/N-ethyl adjacent to an activating group) is 1. The second kappa shape index (κ2) is 4.71. The van der Waals surface area contributed by atoms with Crippen LogP contribution in [0.5, 0.6) is 0 Å². The third-order valence-electron chi connectivity index (χ3n) is 3.93. The van der Waals surface area contributed by atoms with E-state index >= 15 is 0 Å². The Kier molecular flexibility index (Phi) is 3.06. The van der Waals surface area contributed by atoms with Crippen LogP contribution in [0.2, 0.25) is 0 Å². The second-order valence-corrected chi connectivity index (χ2v) is 5.48. The molecule has 0 aliphatic carbocycles. The van der Waals surface area contributed by atoms with Gasteiger partial charge in [0.2, 0.25) is 0 Å². The summed E-state index contributed by atoms with van der Waals surface area (Å²) >= 11 is 0. The Morgan fingerprint density at radius 3 is 2.67 bits per heavy atom. The van der Waals surface area contributed by atoms with Crippen molar-refractivity contribution in [3.8, 4) is 0 Å². The molecule has 2 N–H and O–H groups in total. The van der Waals surface area contributed by atoms with E-state index in [-0.39, 0.29) is 0 Å². The maximum Gasteiger partial charge on any atom is 0.0174 e. The third kappa shape index (κ3) is 2.14. The highest BCUT2D eigenvalue weighted by Crippen LogP contribution is 2.31. The van der Waals surface area contributed by atoms with E-state index in [2.05, 4.69) is 54.4 Å². The fourth-order valence-electron chi connectivity index (χ4n) is 3.20. The summed E-state index contributed by atoms with van der Waals surface area (Å²) in [6, 6.07) is 15.6. The van der Waals surface area contributed by atoms with E-state index in [1.54, 1.807) is 0 Å². The van der Waals surface area contributed by atoms with Crippen LogP contribution in [0.15, 0.2) is 42.5 Å². The molecular formula is C16H20N2. The van der Waals surface area contributed by atoms with Crippen molar-refractivity contribution in [3.63, 3.8) is 0 Å². The maximum absolute atomic E-state index is 6.16. The number of likely N-dealkylation sites (tertiary alicyclic amines) is 1. The van der Waals surface area contributed by atoms with Crippen LogP contribution in [0.4, 0.5) is 0 Å². The van der Waals surface area contributed by atoms with Gasteiger partial charge in [0.1, 0.15) is 0 Å². The van der Waals surface area contributed by atoms with Gasteiger partial charge < -0.3 is 10.6 Å². The standard InChI is InChI=1S/C16H20N2/c1-18-10-13(9-14(17)11-18)16-8-4-6-12-5-2-3-7-15(12)16/h2-8,13-14H,9-11,17H2,1H3. The van der Waals surface area contributed by atoms with E-state index in [1.807, 2.05) is 0 Å². The average molecular weight is 240 g/mol. The van der Waals surface area contributed by atoms with Crippen LogP contribution in [0, 0.1) is 0 Å². The predicted octanol–water partition coefficient (Wildman–Crippen LogP) is 2.59. The monoisotopic (exact) mass is 240 g/mol. The highest BCUT2D eigenvalue weighted by atomic mass is 15.1. The molecule has 0 saturated carbocycles. The smallest absolute Gasteiger partial charge is 0.0174 e. The summed E-state index contributed by atoms with van der Waals surface area (Å²) in [7, 11) is 2.16. The lowest BCUT2D eigenvalue weighted by atomic mass is 9.86. The quantitative estimate of drug-likeness (QED) is 0.830. The van der Waals surface area contributed by atoms with Crippen LogP contribution in [-0.2, 0) is 0 Å².